The Labute approximate surface area is 175 Å². The zero-order valence-electron chi connectivity index (χ0n) is 16.3. The van der Waals surface area contributed by atoms with Crippen molar-refractivity contribution < 1.29 is 4.74 Å². The number of benzene rings is 2. The van der Waals surface area contributed by atoms with Crippen molar-refractivity contribution in [1.82, 2.24) is 14.8 Å². The average Bonchev–Trinajstić information content (AvgIpc) is 3.07. The standard InChI is InChI=1S/C22H25N3OS2/c1-4-12-25-21(16-28-20-10-8-17(2)9-11-20)23-24-22(25)27-14-13-26-19-7-5-6-18(3)15-19/h4-11,15H,1,12-14,16H2,2-3H3. The van der Waals surface area contributed by atoms with Crippen LogP contribution in [-0.4, -0.2) is 27.1 Å². The van der Waals surface area contributed by atoms with Crippen molar-refractivity contribution >= 4 is 23.5 Å². The van der Waals surface area contributed by atoms with E-state index in [2.05, 4.69) is 65.5 Å². The Balaban J connectivity index is 1.55. The van der Waals surface area contributed by atoms with E-state index in [0.29, 0.717) is 13.2 Å². The molecule has 0 atom stereocenters. The van der Waals surface area contributed by atoms with Crippen molar-refractivity contribution in [2.24, 2.45) is 0 Å². The first-order valence-electron chi connectivity index (χ1n) is 9.20. The summed E-state index contributed by atoms with van der Waals surface area (Å²) in [5, 5.41) is 9.69. The van der Waals surface area contributed by atoms with Crippen LogP contribution in [0.4, 0.5) is 0 Å². The Morgan fingerprint density at radius 3 is 2.61 bits per heavy atom. The third-order valence-electron chi connectivity index (χ3n) is 4.07. The lowest BCUT2D eigenvalue weighted by molar-refractivity contribution is 0.343. The van der Waals surface area contributed by atoms with E-state index in [1.54, 1.807) is 23.5 Å². The van der Waals surface area contributed by atoms with E-state index >= 15 is 0 Å². The molecule has 0 bridgehead atoms. The molecule has 2 aromatic carbocycles. The minimum atomic E-state index is 0.627. The number of hydrogen-bond acceptors (Lipinski definition) is 5. The summed E-state index contributed by atoms with van der Waals surface area (Å²) in [5.74, 6) is 3.47. The largest absolute Gasteiger partial charge is 0.493 e. The molecule has 0 aliphatic rings. The van der Waals surface area contributed by atoms with Gasteiger partial charge in [0.1, 0.15) is 11.6 Å². The lowest BCUT2D eigenvalue weighted by Crippen LogP contribution is -2.05. The summed E-state index contributed by atoms with van der Waals surface area (Å²) < 4.78 is 7.96. The summed E-state index contributed by atoms with van der Waals surface area (Å²) in [6.07, 6.45) is 1.89. The maximum atomic E-state index is 5.83. The van der Waals surface area contributed by atoms with Crippen LogP contribution in [0.2, 0.25) is 0 Å². The molecule has 1 aromatic heterocycles. The Bertz CT molecular complexity index is 906. The van der Waals surface area contributed by atoms with Gasteiger partial charge in [0, 0.05) is 17.2 Å². The molecule has 0 saturated heterocycles. The normalized spacial score (nSPS) is 10.8. The van der Waals surface area contributed by atoms with E-state index in [0.717, 1.165) is 28.2 Å². The van der Waals surface area contributed by atoms with Crippen LogP contribution >= 0.6 is 23.5 Å². The van der Waals surface area contributed by atoms with E-state index in [-0.39, 0.29) is 0 Å². The smallest absolute Gasteiger partial charge is 0.191 e. The van der Waals surface area contributed by atoms with Crippen LogP contribution in [0.1, 0.15) is 17.0 Å². The fraction of sp³-hybridized carbons (Fsp3) is 0.273. The first kappa shape index (κ1) is 20.6. The van der Waals surface area contributed by atoms with E-state index in [1.807, 2.05) is 24.3 Å². The number of aryl methyl sites for hydroxylation is 2. The molecule has 1 heterocycles. The second-order valence-electron chi connectivity index (χ2n) is 6.41. The molecule has 0 saturated carbocycles. The zero-order valence-corrected chi connectivity index (χ0v) is 17.9. The van der Waals surface area contributed by atoms with Crippen LogP contribution < -0.4 is 4.74 Å². The molecule has 0 spiro atoms. The lowest BCUT2D eigenvalue weighted by atomic mass is 10.2. The molecule has 3 aromatic rings. The van der Waals surface area contributed by atoms with Crippen LogP contribution in [0.3, 0.4) is 0 Å². The Hall–Kier alpha value is -2.18. The average molecular weight is 412 g/mol. The maximum absolute atomic E-state index is 5.83. The van der Waals surface area contributed by atoms with Gasteiger partial charge < -0.3 is 9.30 Å². The number of aromatic nitrogens is 3. The molecule has 0 N–H and O–H groups in total. The molecule has 0 fully saturated rings. The fourth-order valence-electron chi connectivity index (χ4n) is 2.62. The van der Waals surface area contributed by atoms with Crippen molar-refractivity contribution in [3.63, 3.8) is 0 Å². The zero-order chi connectivity index (χ0) is 19.8. The van der Waals surface area contributed by atoms with Gasteiger partial charge in [-0.05, 0) is 43.7 Å². The summed E-state index contributed by atoms with van der Waals surface area (Å²) in [6, 6.07) is 16.7. The molecular formula is C22H25N3OS2. The monoisotopic (exact) mass is 411 g/mol. The van der Waals surface area contributed by atoms with Crippen LogP contribution in [0.25, 0.3) is 0 Å². The summed E-state index contributed by atoms with van der Waals surface area (Å²) >= 11 is 3.43. The molecule has 28 heavy (non-hydrogen) atoms. The summed E-state index contributed by atoms with van der Waals surface area (Å²) in [5.41, 5.74) is 2.47. The topological polar surface area (TPSA) is 39.9 Å². The van der Waals surface area contributed by atoms with Crippen molar-refractivity contribution in [2.75, 3.05) is 12.4 Å². The minimum absolute atomic E-state index is 0.627. The van der Waals surface area contributed by atoms with E-state index in [1.165, 1.54) is 16.0 Å². The van der Waals surface area contributed by atoms with Gasteiger partial charge in [-0.25, -0.2) is 0 Å². The van der Waals surface area contributed by atoms with Crippen molar-refractivity contribution in [2.45, 2.75) is 36.2 Å². The molecule has 0 aliphatic heterocycles. The number of rotatable bonds is 10. The molecular weight excluding hydrogens is 386 g/mol. The molecule has 146 valence electrons. The lowest BCUT2D eigenvalue weighted by Gasteiger charge is -2.09. The molecule has 0 unspecified atom stereocenters. The van der Waals surface area contributed by atoms with Gasteiger partial charge in [-0.2, -0.15) is 0 Å². The molecule has 4 nitrogen and oxygen atoms in total. The number of ether oxygens (including phenoxy) is 1. The van der Waals surface area contributed by atoms with Gasteiger partial charge in [0.15, 0.2) is 5.16 Å². The highest BCUT2D eigenvalue weighted by atomic mass is 32.2. The Morgan fingerprint density at radius 1 is 1.04 bits per heavy atom. The summed E-state index contributed by atoms with van der Waals surface area (Å²) in [7, 11) is 0. The highest BCUT2D eigenvalue weighted by Crippen LogP contribution is 2.25. The summed E-state index contributed by atoms with van der Waals surface area (Å²) in [6.45, 7) is 9.37. The number of allylic oxidation sites excluding steroid dienone is 1. The fourth-order valence-corrected chi connectivity index (χ4v) is 4.25. The van der Waals surface area contributed by atoms with E-state index < -0.39 is 0 Å². The third-order valence-corrected chi connectivity index (χ3v) is 6.01. The molecule has 0 radical (unpaired) electrons. The minimum Gasteiger partial charge on any atom is -0.493 e. The molecule has 0 amide bonds. The van der Waals surface area contributed by atoms with Gasteiger partial charge in [-0.1, -0.05) is 47.7 Å². The van der Waals surface area contributed by atoms with Gasteiger partial charge in [-0.15, -0.1) is 28.5 Å². The summed E-state index contributed by atoms with van der Waals surface area (Å²) in [4.78, 5) is 1.24. The van der Waals surface area contributed by atoms with Crippen molar-refractivity contribution in [3.05, 3.63) is 78.1 Å². The Morgan fingerprint density at radius 2 is 1.86 bits per heavy atom. The highest BCUT2D eigenvalue weighted by Gasteiger charge is 2.12. The van der Waals surface area contributed by atoms with Gasteiger partial charge in [-0.3, -0.25) is 0 Å². The van der Waals surface area contributed by atoms with Crippen LogP contribution in [0.5, 0.6) is 5.75 Å². The SMILES string of the molecule is C=CCn1c(CSc2ccc(C)cc2)nnc1SCCOc1cccc(C)c1. The quantitative estimate of drug-likeness (QED) is 0.249. The third kappa shape index (κ3) is 5.91. The number of thioether (sulfide) groups is 2. The van der Waals surface area contributed by atoms with Crippen molar-refractivity contribution in [1.29, 1.82) is 0 Å². The first-order valence-corrected chi connectivity index (χ1v) is 11.2. The molecule has 0 aliphatic carbocycles. The first-order chi connectivity index (χ1) is 13.7. The molecule has 3 rings (SSSR count). The van der Waals surface area contributed by atoms with Gasteiger partial charge in [0.2, 0.25) is 0 Å². The van der Waals surface area contributed by atoms with Crippen LogP contribution in [0.15, 0.2) is 71.2 Å². The van der Waals surface area contributed by atoms with Gasteiger partial charge in [0.25, 0.3) is 0 Å². The predicted octanol–water partition coefficient (Wildman–Crippen LogP) is 5.54. The van der Waals surface area contributed by atoms with Gasteiger partial charge >= 0.3 is 0 Å². The highest BCUT2D eigenvalue weighted by molar-refractivity contribution is 7.99. The van der Waals surface area contributed by atoms with Crippen molar-refractivity contribution in [3.8, 4) is 5.75 Å². The second kappa shape index (κ2) is 10.4. The predicted molar refractivity (Wildman–Crippen MR) is 118 cm³/mol. The van der Waals surface area contributed by atoms with E-state index in [4.69, 9.17) is 4.74 Å². The van der Waals surface area contributed by atoms with E-state index in [9.17, 15) is 0 Å². The number of hydrogen-bond donors (Lipinski definition) is 0. The van der Waals surface area contributed by atoms with Gasteiger partial charge in [0.05, 0.1) is 12.4 Å². The Kier molecular flexibility index (Phi) is 7.62. The maximum Gasteiger partial charge on any atom is 0.191 e. The van der Waals surface area contributed by atoms with Crippen LogP contribution in [0, 0.1) is 13.8 Å². The number of nitrogens with zero attached hydrogens (tertiary/aromatic N) is 3. The second-order valence-corrected chi connectivity index (χ2v) is 8.52. The van der Waals surface area contributed by atoms with Crippen LogP contribution in [-0.2, 0) is 12.3 Å². The molecule has 6 heteroatoms.